The Labute approximate surface area is 109 Å². The van der Waals surface area contributed by atoms with Crippen LogP contribution in [0.5, 0.6) is 0 Å². The van der Waals surface area contributed by atoms with Gasteiger partial charge < -0.3 is 5.73 Å². The molecule has 0 heterocycles. The minimum atomic E-state index is -0.465. The third-order valence-corrected chi connectivity index (χ3v) is 2.53. The molecule has 2 rings (SSSR count). The second-order valence-electron chi connectivity index (χ2n) is 4.02. The zero-order valence-electron chi connectivity index (χ0n) is 10.3. The number of nitrogens with two attached hydrogens (primary N) is 1. The Morgan fingerprint density at radius 2 is 1.95 bits per heavy atom. The number of benzene rings is 2. The van der Waals surface area contributed by atoms with E-state index in [1.54, 1.807) is 30.3 Å². The highest BCUT2D eigenvalue weighted by atomic mass is 16.6. The third kappa shape index (κ3) is 3.12. The van der Waals surface area contributed by atoms with Crippen LogP contribution in [0, 0.1) is 17.0 Å². The molecule has 2 aromatic rings. The predicted octanol–water partition coefficient (Wildman–Crippen LogP) is 3.90. The number of anilines is 1. The van der Waals surface area contributed by atoms with Gasteiger partial charge in [-0.05, 0) is 36.8 Å². The summed E-state index contributed by atoms with van der Waals surface area (Å²) in [5, 5.41) is 18.7. The molecule has 0 atom stereocenters. The molecule has 0 saturated carbocycles. The molecular formula is C13H12N4O2. The first-order chi connectivity index (χ1) is 9.06. The van der Waals surface area contributed by atoms with Crippen molar-refractivity contribution >= 4 is 22.7 Å². The number of hydrogen-bond donors (Lipinski definition) is 1. The molecule has 19 heavy (non-hydrogen) atoms. The van der Waals surface area contributed by atoms with E-state index in [-0.39, 0.29) is 5.69 Å². The van der Waals surface area contributed by atoms with Crippen LogP contribution in [0.2, 0.25) is 0 Å². The normalized spacial score (nSPS) is 10.8. The summed E-state index contributed by atoms with van der Waals surface area (Å²) >= 11 is 0. The van der Waals surface area contributed by atoms with Crippen LogP contribution < -0.4 is 5.73 Å². The number of non-ortho nitro benzene ring substituents is 1. The Morgan fingerprint density at radius 3 is 2.63 bits per heavy atom. The molecule has 0 aliphatic heterocycles. The Kier molecular flexibility index (Phi) is 3.51. The molecule has 2 N–H and O–H groups in total. The Balaban J connectivity index is 2.27. The average molecular weight is 256 g/mol. The number of aryl methyl sites for hydroxylation is 1. The molecule has 0 radical (unpaired) electrons. The van der Waals surface area contributed by atoms with Gasteiger partial charge in [-0.1, -0.05) is 6.07 Å². The fraction of sp³-hybridized carbons (Fsp3) is 0.0769. The van der Waals surface area contributed by atoms with Gasteiger partial charge in [0.25, 0.3) is 5.69 Å². The number of nitro groups is 1. The lowest BCUT2D eigenvalue weighted by Crippen LogP contribution is -1.86. The van der Waals surface area contributed by atoms with Gasteiger partial charge in [-0.15, -0.1) is 0 Å². The third-order valence-electron chi connectivity index (χ3n) is 2.53. The highest BCUT2D eigenvalue weighted by Crippen LogP contribution is 2.25. The molecule has 0 bridgehead atoms. The molecule has 0 amide bonds. The second-order valence-corrected chi connectivity index (χ2v) is 4.02. The van der Waals surface area contributed by atoms with Crippen LogP contribution in [0.1, 0.15) is 5.56 Å². The zero-order valence-corrected chi connectivity index (χ0v) is 10.3. The van der Waals surface area contributed by atoms with E-state index in [4.69, 9.17) is 5.73 Å². The van der Waals surface area contributed by atoms with Gasteiger partial charge in [0, 0.05) is 17.8 Å². The van der Waals surface area contributed by atoms with Gasteiger partial charge in [-0.25, -0.2) is 0 Å². The summed E-state index contributed by atoms with van der Waals surface area (Å²) in [6.07, 6.45) is 0. The molecule has 0 fully saturated rings. The van der Waals surface area contributed by atoms with E-state index in [2.05, 4.69) is 10.2 Å². The summed E-state index contributed by atoms with van der Waals surface area (Å²) in [6.45, 7) is 1.87. The molecule has 2 aromatic carbocycles. The lowest BCUT2D eigenvalue weighted by atomic mass is 10.2. The largest absolute Gasteiger partial charge is 0.399 e. The van der Waals surface area contributed by atoms with Gasteiger partial charge in [0.05, 0.1) is 16.3 Å². The quantitative estimate of drug-likeness (QED) is 0.390. The van der Waals surface area contributed by atoms with Crippen molar-refractivity contribution in [3.8, 4) is 0 Å². The number of rotatable bonds is 3. The number of nitrogens with zero attached hydrogens (tertiary/aromatic N) is 3. The SMILES string of the molecule is Cc1cc(N)ccc1N=Nc1cccc([N+](=O)[O-])c1. The first-order valence-electron chi connectivity index (χ1n) is 5.58. The van der Waals surface area contributed by atoms with E-state index in [1.807, 2.05) is 6.92 Å². The molecule has 0 aliphatic rings. The number of azo groups is 1. The Hall–Kier alpha value is -2.76. The van der Waals surface area contributed by atoms with Crippen molar-refractivity contribution < 1.29 is 4.92 Å². The standard InChI is InChI=1S/C13H12N4O2/c1-9-7-10(14)5-6-13(9)16-15-11-3-2-4-12(8-11)17(18)19/h2-8H,14H2,1H3. The van der Waals surface area contributed by atoms with Gasteiger partial charge >= 0.3 is 0 Å². The van der Waals surface area contributed by atoms with E-state index in [0.29, 0.717) is 17.1 Å². The highest BCUT2D eigenvalue weighted by molar-refractivity contribution is 5.54. The minimum Gasteiger partial charge on any atom is -0.399 e. The highest BCUT2D eigenvalue weighted by Gasteiger charge is 2.05. The second kappa shape index (κ2) is 5.26. The monoisotopic (exact) mass is 256 g/mol. The molecular weight excluding hydrogens is 244 g/mol. The molecule has 0 unspecified atom stereocenters. The van der Waals surface area contributed by atoms with Gasteiger partial charge in [-0.2, -0.15) is 10.2 Å². The first-order valence-corrected chi connectivity index (χ1v) is 5.58. The van der Waals surface area contributed by atoms with Crippen LogP contribution in [0.25, 0.3) is 0 Å². The fourth-order valence-electron chi connectivity index (χ4n) is 1.57. The van der Waals surface area contributed by atoms with Gasteiger partial charge in [0.2, 0.25) is 0 Å². The van der Waals surface area contributed by atoms with Gasteiger partial charge in [0.1, 0.15) is 0 Å². The molecule has 6 heteroatoms. The molecule has 96 valence electrons. The van der Waals surface area contributed by atoms with E-state index < -0.39 is 4.92 Å². The summed E-state index contributed by atoms with van der Waals surface area (Å²) in [4.78, 5) is 10.2. The molecule has 0 aromatic heterocycles. The minimum absolute atomic E-state index is 0.00882. The zero-order chi connectivity index (χ0) is 13.8. The van der Waals surface area contributed by atoms with Crippen molar-refractivity contribution in [2.45, 2.75) is 6.92 Å². The lowest BCUT2D eigenvalue weighted by Gasteiger charge is -2.00. The van der Waals surface area contributed by atoms with E-state index >= 15 is 0 Å². The molecule has 6 nitrogen and oxygen atoms in total. The van der Waals surface area contributed by atoms with E-state index in [0.717, 1.165) is 5.56 Å². The Bertz CT molecular complexity index is 653. The summed E-state index contributed by atoms with van der Waals surface area (Å²) in [6, 6.07) is 11.3. The van der Waals surface area contributed by atoms with Gasteiger partial charge in [-0.3, -0.25) is 10.1 Å². The molecule has 0 saturated heterocycles. The number of nitro benzene ring substituents is 1. The van der Waals surface area contributed by atoms with Crippen LogP contribution in [-0.4, -0.2) is 4.92 Å². The van der Waals surface area contributed by atoms with Crippen molar-refractivity contribution in [3.05, 3.63) is 58.1 Å². The van der Waals surface area contributed by atoms with Crippen LogP contribution in [0.4, 0.5) is 22.7 Å². The van der Waals surface area contributed by atoms with Crippen LogP contribution in [0.3, 0.4) is 0 Å². The van der Waals surface area contributed by atoms with E-state index in [9.17, 15) is 10.1 Å². The smallest absolute Gasteiger partial charge is 0.271 e. The van der Waals surface area contributed by atoms with Crippen molar-refractivity contribution in [3.63, 3.8) is 0 Å². The van der Waals surface area contributed by atoms with Crippen molar-refractivity contribution in [1.82, 2.24) is 0 Å². The van der Waals surface area contributed by atoms with Crippen molar-refractivity contribution in [2.75, 3.05) is 5.73 Å². The maximum absolute atomic E-state index is 10.6. The average Bonchev–Trinajstić information content (AvgIpc) is 2.38. The van der Waals surface area contributed by atoms with Crippen molar-refractivity contribution in [2.24, 2.45) is 10.2 Å². The summed E-state index contributed by atoms with van der Waals surface area (Å²) in [5.74, 6) is 0. The Morgan fingerprint density at radius 1 is 1.16 bits per heavy atom. The maximum atomic E-state index is 10.6. The fourth-order valence-corrected chi connectivity index (χ4v) is 1.57. The van der Waals surface area contributed by atoms with Crippen LogP contribution in [-0.2, 0) is 0 Å². The van der Waals surface area contributed by atoms with Crippen LogP contribution >= 0.6 is 0 Å². The number of hydrogen-bond acceptors (Lipinski definition) is 5. The first kappa shape index (κ1) is 12.7. The number of nitrogen functional groups attached to an aromatic ring is 1. The molecule has 0 spiro atoms. The lowest BCUT2D eigenvalue weighted by molar-refractivity contribution is -0.384. The summed E-state index contributed by atoms with van der Waals surface area (Å²) in [5.41, 5.74) is 8.31. The predicted molar refractivity (Wildman–Crippen MR) is 72.9 cm³/mol. The van der Waals surface area contributed by atoms with Crippen LogP contribution in [0.15, 0.2) is 52.7 Å². The molecule has 0 aliphatic carbocycles. The summed E-state index contributed by atoms with van der Waals surface area (Å²) in [7, 11) is 0. The maximum Gasteiger partial charge on any atom is 0.271 e. The van der Waals surface area contributed by atoms with Crippen molar-refractivity contribution in [1.29, 1.82) is 0 Å². The summed E-state index contributed by atoms with van der Waals surface area (Å²) < 4.78 is 0. The van der Waals surface area contributed by atoms with Gasteiger partial charge in [0.15, 0.2) is 0 Å². The van der Waals surface area contributed by atoms with E-state index in [1.165, 1.54) is 12.1 Å². The topological polar surface area (TPSA) is 93.9 Å².